The Morgan fingerprint density at radius 3 is 2.56 bits per heavy atom. The molecule has 1 atom stereocenters. The van der Waals surface area contributed by atoms with Gasteiger partial charge in [0, 0.05) is 49.1 Å². The number of ether oxygens (including phenoxy) is 1. The van der Waals surface area contributed by atoms with E-state index >= 15 is 0 Å². The Kier molecular flexibility index (Phi) is 7.28. The van der Waals surface area contributed by atoms with Gasteiger partial charge in [-0.15, -0.1) is 5.10 Å². The molecule has 45 heavy (non-hydrogen) atoms. The lowest BCUT2D eigenvalue weighted by atomic mass is 9.89. The Bertz CT molecular complexity index is 1770. The van der Waals surface area contributed by atoms with Gasteiger partial charge in [0.15, 0.2) is 0 Å². The van der Waals surface area contributed by atoms with E-state index in [1.165, 1.54) is 12.1 Å². The van der Waals surface area contributed by atoms with E-state index in [2.05, 4.69) is 34.2 Å². The number of aryl methyl sites for hydroxylation is 1. The highest BCUT2D eigenvalue weighted by Gasteiger charge is 2.40. The predicted octanol–water partition coefficient (Wildman–Crippen LogP) is 6.29. The second-order valence-corrected chi connectivity index (χ2v) is 14.2. The van der Waals surface area contributed by atoms with Crippen LogP contribution < -0.4 is 4.74 Å². The fourth-order valence-electron chi connectivity index (χ4n) is 6.73. The molecular formula is C34H39ClFN7O2. The van der Waals surface area contributed by atoms with E-state index in [-0.39, 0.29) is 17.8 Å². The Morgan fingerprint density at radius 1 is 1.09 bits per heavy atom. The Balaban J connectivity index is 1.07. The minimum absolute atomic E-state index is 0.0257. The number of carbonyl (C=O) groups is 1. The van der Waals surface area contributed by atoms with Crippen molar-refractivity contribution in [2.24, 2.45) is 0 Å². The highest BCUT2D eigenvalue weighted by molar-refractivity contribution is 6.31. The van der Waals surface area contributed by atoms with Crippen molar-refractivity contribution in [3.8, 4) is 11.4 Å². The van der Waals surface area contributed by atoms with Crippen LogP contribution in [0.2, 0.25) is 5.02 Å². The summed E-state index contributed by atoms with van der Waals surface area (Å²) < 4.78 is 24.1. The molecule has 7 rings (SSSR count). The van der Waals surface area contributed by atoms with E-state index < -0.39 is 11.1 Å². The first kappa shape index (κ1) is 29.9. The van der Waals surface area contributed by atoms with Gasteiger partial charge in [-0.25, -0.2) is 13.8 Å². The molecule has 2 fully saturated rings. The first-order valence-corrected chi connectivity index (χ1v) is 16.1. The minimum atomic E-state index is -0.428. The maximum atomic E-state index is 14.2. The lowest BCUT2D eigenvalue weighted by Gasteiger charge is -2.43. The molecule has 2 aromatic carbocycles. The quantitative estimate of drug-likeness (QED) is 0.249. The van der Waals surface area contributed by atoms with Gasteiger partial charge < -0.3 is 9.64 Å². The van der Waals surface area contributed by atoms with Gasteiger partial charge in [-0.3, -0.25) is 9.69 Å². The maximum Gasteiger partial charge on any atom is 0.257 e. The van der Waals surface area contributed by atoms with Crippen LogP contribution in [0, 0.1) is 12.7 Å². The van der Waals surface area contributed by atoms with Gasteiger partial charge >= 0.3 is 0 Å². The van der Waals surface area contributed by atoms with Crippen molar-refractivity contribution in [3.05, 3.63) is 87.7 Å². The van der Waals surface area contributed by atoms with Crippen LogP contribution in [-0.4, -0.2) is 72.3 Å². The summed E-state index contributed by atoms with van der Waals surface area (Å²) in [6, 6.07) is 10.4. The first-order chi connectivity index (χ1) is 21.4. The lowest BCUT2D eigenvalue weighted by molar-refractivity contribution is 0.0377. The van der Waals surface area contributed by atoms with Crippen molar-refractivity contribution < 1.29 is 13.9 Å². The fraction of sp³-hybridized carbons (Fsp3) is 0.471. The highest BCUT2D eigenvalue weighted by Crippen LogP contribution is 2.44. The average Bonchev–Trinajstić information content (AvgIpc) is 3.54. The molecule has 1 amide bonds. The summed E-state index contributed by atoms with van der Waals surface area (Å²) in [6.45, 7) is 12.9. The number of piperazine rings is 1. The van der Waals surface area contributed by atoms with E-state index in [1.807, 2.05) is 59.4 Å². The van der Waals surface area contributed by atoms with Crippen LogP contribution in [0.25, 0.3) is 5.69 Å². The van der Waals surface area contributed by atoms with Crippen molar-refractivity contribution in [2.45, 2.75) is 77.0 Å². The molecular weight excluding hydrogens is 593 g/mol. The molecule has 2 aromatic heterocycles. The summed E-state index contributed by atoms with van der Waals surface area (Å²) in [4.78, 5) is 18.2. The second kappa shape index (κ2) is 10.9. The number of carbonyl (C=O) groups excluding carboxylic acids is 1. The number of hydrogen-bond donors (Lipinski definition) is 0. The molecule has 0 N–H and O–H groups in total. The third kappa shape index (κ3) is 5.52. The van der Waals surface area contributed by atoms with Crippen LogP contribution in [0.4, 0.5) is 4.39 Å². The molecule has 4 heterocycles. The molecule has 0 spiro atoms. The van der Waals surface area contributed by atoms with Crippen molar-refractivity contribution in [1.29, 1.82) is 0 Å². The molecule has 0 bridgehead atoms. The second-order valence-electron chi connectivity index (χ2n) is 13.7. The number of benzene rings is 2. The zero-order chi connectivity index (χ0) is 31.7. The van der Waals surface area contributed by atoms with Gasteiger partial charge in [0.1, 0.15) is 22.9 Å². The molecule has 3 aliphatic rings. The van der Waals surface area contributed by atoms with Crippen LogP contribution >= 0.6 is 11.6 Å². The molecule has 0 unspecified atom stereocenters. The third-order valence-electron chi connectivity index (χ3n) is 9.62. The first-order valence-electron chi connectivity index (χ1n) is 15.7. The molecule has 236 valence electrons. The zero-order valence-corrected chi connectivity index (χ0v) is 27.2. The van der Waals surface area contributed by atoms with E-state index in [0.717, 1.165) is 41.0 Å². The van der Waals surface area contributed by atoms with Crippen molar-refractivity contribution in [2.75, 3.05) is 26.2 Å². The fourth-order valence-corrected chi connectivity index (χ4v) is 6.90. The molecule has 1 saturated carbocycles. The van der Waals surface area contributed by atoms with Gasteiger partial charge in [0.2, 0.25) is 0 Å². The highest BCUT2D eigenvalue weighted by atomic mass is 35.5. The summed E-state index contributed by atoms with van der Waals surface area (Å²) >= 11 is 6.43. The van der Waals surface area contributed by atoms with Crippen LogP contribution in [0.15, 0.2) is 48.8 Å². The number of nitrogens with zero attached hydrogens (tertiary/aromatic N) is 7. The summed E-state index contributed by atoms with van der Waals surface area (Å²) in [5.41, 5.74) is 4.31. The van der Waals surface area contributed by atoms with Gasteiger partial charge in [-0.2, -0.15) is 5.10 Å². The number of rotatable bonds is 6. The Morgan fingerprint density at radius 2 is 1.84 bits per heavy atom. The normalized spacial score (nSPS) is 20.2. The van der Waals surface area contributed by atoms with Gasteiger partial charge in [0.05, 0.1) is 40.9 Å². The zero-order valence-electron chi connectivity index (χ0n) is 26.4. The maximum absolute atomic E-state index is 14.2. The number of hydrogen-bond acceptors (Lipinski definition) is 6. The molecule has 4 aromatic rings. The predicted molar refractivity (Wildman–Crippen MR) is 170 cm³/mol. The van der Waals surface area contributed by atoms with Gasteiger partial charge in [-0.1, -0.05) is 22.9 Å². The summed E-state index contributed by atoms with van der Waals surface area (Å²) in [6.07, 6.45) is 6.45. The Hall–Kier alpha value is -3.76. The van der Waals surface area contributed by atoms with Crippen LogP contribution in [0.3, 0.4) is 0 Å². The summed E-state index contributed by atoms with van der Waals surface area (Å²) in [5, 5.41) is 14.5. The van der Waals surface area contributed by atoms with E-state index in [9.17, 15) is 9.18 Å². The van der Waals surface area contributed by atoms with Gasteiger partial charge in [-0.05, 0) is 83.4 Å². The minimum Gasteiger partial charge on any atom is -0.487 e. The molecule has 2 aliphatic heterocycles. The largest absolute Gasteiger partial charge is 0.487 e. The average molecular weight is 632 g/mol. The third-order valence-corrected chi connectivity index (χ3v) is 10.0. The van der Waals surface area contributed by atoms with E-state index in [4.69, 9.17) is 16.3 Å². The van der Waals surface area contributed by atoms with Crippen molar-refractivity contribution in [3.63, 3.8) is 0 Å². The number of fused-ring (bicyclic) bond motifs is 1. The molecule has 1 aliphatic carbocycles. The van der Waals surface area contributed by atoms with Gasteiger partial charge in [0.25, 0.3) is 5.91 Å². The number of halogens is 2. The van der Waals surface area contributed by atoms with E-state index in [0.29, 0.717) is 54.9 Å². The molecule has 0 radical (unpaired) electrons. The standard InChI is InChI=1S/C34H39ClFN7O2/c1-21-6-10-24(17-27(21)35)43-31(22-7-8-22)26(19-37-43)32(44)40-12-14-41(15-13-40)34(4,5)30-20-42(39-38-30)28-18-33(2,3)45-29-11-9-23(36)16-25(28)29/h6,9-11,16-17,19-20,22,28H,7-8,12-15,18H2,1-5H3/t28-/m0/s1. The van der Waals surface area contributed by atoms with E-state index in [1.54, 1.807) is 12.3 Å². The van der Waals surface area contributed by atoms with Crippen molar-refractivity contribution >= 4 is 17.5 Å². The number of aromatic nitrogens is 5. The molecule has 11 heteroatoms. The van der Waals surface area contributed by atoms with Crippen LogP contribution in [0.1, 0.15) is 91.8 Å². The van der Waals surface area contributed by atoms with Crippen molar-refractivity contribution in [1.82, 2.24) is 34.6 Å². The molecule has 1 saturated heterocycles. The number of amides is 1. The topological polar surface area (TPSA) is 81.3 Å². The molecule has 9 nitrogen and oxygen atoms in total. The smallest absolute Gasteiger partial charge is 0.257 e. The lowest BCUT2D eigenvalue weighted by Crippen LogP contribution is -2.54. The Labute approximate surface area is 267 Å². The SMILES string of the molecule is Cc1ccc(-n2ncc(C(=O)N3CCN(C(C)(C)c4cn([C@H]5CC(C)(C)Oc6ccc(F)cc65)nn4)CC3)c2C2CC2)cc1Cl. The summed E-state index contributed by atoms with van der Waals surface area (Å²) in [5.74, 6) is 0.732. The summed E-state index contributed by atoms with van der Waals surface area (Å²) in [7, 11) is 0. The van der Waals surface area contributed by atoms with Crippen LogP contribution in [-0.2, 0) is 5.54 Å². The van der Waals surface area contributed by atoms with Crippen LogP contribution in [0.5, 0.6) is 5.75 Å². The monoisotopic (exact) mass is 631 g/mol.